The first kappa shape index (κ1) is 23.1. The zero-order valence-electron chi connectivity index (χ0n) is 22.9. The van der Waals surface area contributed by atoms with Crippen LogP contribution in [0, 0.1) is 0 Å². The van der Waals surface area contributed by atoms with Gasteiger partial charge < -0.3 is 4.57 Å². The molecule has 0 bridgehead atoms. The number of nitrogens with zero attached hydrogens (tertiary/aromatic N) is 1. The van der Waals surface area contributed by atoms with Gasteiger partial charge in [0.25, 0.3) is 0 Å². The number of rotatable bonds is 2. The molecule has 1 aliphatic carbocycles. The van der Waals surface area contributed by atoms with Crippen LogP contribution in [0.3, 0.4) is 0 Å². The van der Waals surface area contributed by atoms with E-state index in [9.17, 15) is 0 Å². The lowest BCUT2D eigenvalue weighted by Crippen LogP contribution is -2.15. The summed E-state index contributed by atoms with van der Waals surface area (Å²) in [6.07, 6.45) is 0. The monoisotopic (exact) mass is 543 g/mol. The third-order valence-corrected chi connectivity index (χ3v) is 9.67. The molecule has 0 radical (unpaired) electrons. The third-order valence-electron chi connectivity index (χ3n) is 9.42. The highest BCUT2D eigenvalue weighted by atomic mass is 35.5. The summed E-state index contributed by atoms with van der Waals surface area (Å²) >= 11 is 6.14. The van der Waals surface area contributed by atoms with Crippen molar-refractivity contribution in [1.82, 2.24) is 4.57 Å². The summed E-state index contributed by atoms with van der Waals surface area (Å²) in [5.41, 5.74) is 16.8. The van der Waals surface area contributed by atoms with Gasteiger partial charge in [-0.3, -0.25) is 0 Å². The van der Waals surface area contributed by atoms with E-state index >= 15 is 0 Å². The van der Waals surface area contributed by atoms with Gasteiger partial charge in [-0.05, 0) is 57.1 Å². The van der Waals surface area contributed by atoms with E-state index in [-0.39, 0.29) is 5.41 Å². The van der Waals surface area contributed by atoms with Gasteiger partial charge in [0.15, 0.2) is 0 Å². The maximum atomic E-state index is 6.14. The summed E-state index contributed by atoms with van der Waals surface area (Å²) < 4.78 is 2.56. The van der Waals surface area contributed by atoms with E-state index in [0.717, 1.165) is 5.02 Å². The maximum Gasteiger partial charge on any atom is 0.0623 e. The molecular formula is C39H26ClN. The highest BCUT2D eigenvalue weighted by Gasteiger charge is 2.40. The van der Waals surface area contributed by atoms with Gasteiger partial charge in [-0.25, -0.2) is 0 Å². The van der Waals surface area contributed by atoms with Gasteiger partial charge in [0.1, 0.15) is 0 Å². The van der Waals surface area contributed by atoms with Crippen LogP contribution in [0.2, 0.25) is 5.02 Å². The lowest BCUT2D eigenvalue weighted by Gasteiger charge is -2.22. The molecule has 0 amide bonds. The number of para-hydroxylation sites is 2. The lowest BCUT2D eigenvalue weighted by atomic mass is 9.81. The van der Waals surface area contributed by atoms with Crippen molar-refractivity contribution >= 4 is 33.4 Å². The first-order valence-corrected chi connectivity index (χ1v) is 14.6. The van der Waals surface area contributed by atoms with E-state index < -0.39 is 0 Å². The first-order chi connectivity index (χ1) is 20.0. The van der Waals surface area contributed by atoms with Gasteiger partial charge in [-0.1, -0.05) is 129 Å². The zero-order chi connectivity index (χ0) is 27.5. The van der Waals surface area contributed by atoms with Crippen LogP contribution in [0.5, 0.6) is 0 Å². The van der Waals surface area contributed by atoms with E-state index in [1.165, 1.54) is 83.1 Å². The van der Waals surface area contributed by atoms with Crippen molar-refractivity contribution in [3.8, 4) is 50.2 Å². The Kier molecular flexibility index (Phi) is 4.51. The molecule has 41 heavy (non-hydrogen) atoms. The van der Waals surface area contributed by atoms with Gasteiger partial charge >= 0.3 is 0 Å². The summed E-state index contributed by atoms with van der Waals surface area (Å²) in [6.45, 7) is 4.75. The Bertz CT molecular complexity index is 2210. The molecule has 0 unspecified atom stereocenters. The fourth-order valence-corrected chi connectivity index (χ4v) is 7.62. The topological polar surface area (TPSA) is 4.93 Å². The van der Waals surface area contributed by atoms with Crippen molar-refractivity contribution in [3.05, 3.63) is 137 Å². The Morgan fingerprint density at radius 1 is 0.488 bits per heavy atom. The van der Waals surface area contributed by atoms with Gasteiger partial charge in [0, 0.05) is 37.9 Å². The molecule has 0 N–H and O–H groups in total. The minimum atomic E-state index is -0.0528. The molecule has 0 saturated carbocycles. The standard InChI is InChI=1S/C39H26ClN/c1-39(2)32-11-6-9-29-28-7-3-4-12-34(28)41-37-27(25-15-13-23(14-16-25)24-17-19-26(40)20-18-24)8-5-10-30(37)31-21-22-33(39)36(35(29)32)38(31)41/h3-22H,1-2H3. The minimum Gasteiger partial charge on any atom is -0.307 e. The Labute approximate surface area is 244 Å². The van der Waals surface area contributed by atoms with Crippen LogP contribution in [-0.4, -0.2) is 4.57 Å². The van der Waals surface area contributed by atoms with Crippen LogP contribution >= 0.6 is 11.6 Å². The zero-order valence-corrected chi connectivity index (χ0v) is 23.6. The van der Waals surface area contributed by atoms with E-state index in [4.69, 9.17) is 11.6 Å². The van der Waals surface area contributed by atoms with Crippen LogP contribution in [0.25, 0.3) is 72.0 Å². The van der Waals surface area contributed by atoms with Crippen LogP contribution in [-0.2, 0) is 5.41 Å². The largest absolute Gasteiger partial charge is 0.307 e. The maximum absolute atomic E-state index is 6.14. The minimum absolute atomic E-state index is 0.0528. The second kappa shape index (κ2) is 8.00. The molecule has 0 atom stereocenters. The van der Waals surface area contributed by atoms with Gasteiger partial charge in [-0.2, -0.15) is 0 Å². The second-order valence-electron chi connectivity index (χ2n) is 11.9. The average molecular weight is 544 g/mol. The molecule has 1 aliphatic heterocycles. The molecule has 2 heteroatoms. The van der Waals surface area contributed by atoms with Gasteiger partial charge in [-0.15, -0.1) is 0 Å². The molecule has 194 valence electrons. The molecule has 2 heterocycles. The molecule has 7 aromatic rings. The van der Waals surface area contributed by atoms with Crippen molar-refractivity contribution < 1.29 is 0 Å². The molecule has 0 fully saturated rings. The van der Waals surface area contributed by atoms with E-state index in [1.807, 2.05) is 12.1 Å². The number of hydrogen-bond donors (Lipinski definition) is 0. The Balaban J connectivity index is 1.39. The van der Waals surface area contributed by atoms with E-state index in [2.05, 4.69) is 128 Å². The van der Waals surface area contributed by atoms with Crippen molar-refractivity contribution in [2.75, 3.05) is 0 Å². The number of aromatic nitrogens is 1. The van der Waals surface area contributed by atoms with Gasteiger partial charge in [0.2, 0.25) is 0 Å². The quantitative estimate of drug-likeness (QED) is 0.204. The van der Waals surface area contributed by atoms with E-state index in [1.54, 1.807) is 0 Å². The van der Waals surface area contributed by atoms with Crippen LogP contribution in [0.15, 0.2) is 121 Å². The van der Waals surface area contributed by atoms with Crippen LogP contribution < -0.4 is 0 Å². The summed E-state index contributed by atoms with van der Waals surface area (Å²) in [7, 11) is 0. The molecular weight excluding hydrogens is 518 g/mol. The van der Waals surface area contributed by atoms with Crippen LogP contribution in [0.4, 0.5) is 0 Å². The molecule has 6 aromatic carbocycles. The Morgan fingerprint density at radius 2 is 1.10 bits per heavy atom. The van der Waals surface area contributed by atoms with Crippen molar-refractivity contribution in [2.24, 2.45) is 0 Å². The summed E-state index contributed by atoms with van der Waals surface area (Å²) in [4.78, 5) is 0. The number of fused-ring (bicyclic) bond motifs is 6. The highest BCUT2D eigenvalue weighted by Crippen LogP contribution is 2.58. The fraction of sp³-hybridized carbons (Fsp3) is 0.0769. The molecule has 0 spiro atoms. The normalized spacial score (nSPS) is 13.9. The van der Waals surface area contributed by atoms with Crippen molar-refractivity contribution in [2.45, 2.75) is 19.3 Å². The third kappa shape index (κ3) is 2.97. The number of benzene rings is 6. The van der Waals surface area contributed by atoms with E-state index in [0.29, 0.717) is 0 Å². The molecule has 2 aliphatic rings. The predicted octanol–water partition coefficient (Wildman–Crippen LogP) is 11.1. The Hall–Kier alpha value is -4.59. The molecule has 0 saturated heterocycles. The summed E-state index contributed by atoms with van der Waals surface area (Å²) in [6, 6.07) is 44.4. The average Bonchev–Trinajstić information content (AvgIpc) is 3.42. The predicted molar refractivity (Wildman–Crippen MR) is 173 cm³/mol. The fourth-order valence-electron chi connectivity index (χ4n) is 7.50. The van der Waals surface area contributed by atoms with Crippen molar-refractivity contribution in [1.29, 1.82) is 0 Å². The number of halogens is 1. The molecule has 1 nitrogen and oxygen atoms in total. The van der Waals surface area contributed by atoms with Crippen LogP contribution in [0.1, 0.15) is 25.0 Å². The highest BCUT2D eigenvalue weighted by molar-refractivity contribution is 6.30. The van der Waals surface area contributed by atoms with Gasteiger partial charge in [0.05, 0.1) is 16.7 Å². The molecule has 1 aromatic heterocycles. The summed E-state index contributed by atoms with van der Waals surface area (Å²) in [5.74, 6) is 0. The molecule has 9 rings (SSSR count). The summed E-state index contributed by atoms with van der Waals surface area (Å²) in [5, 5.41) is 3.36. The number of hydrogen-bond acceptors (Lipinski definition) is 0. The first-order valence-electron chi connectivity index (χ1n) is 14.2. The Morgan fingerprint density at radius 3 is 1.90 bits per heavy atom. The SMILES string of the molecule is CC1(C)c2cccc3c2-c2c1ccc1c4cccc(-c5ccc(-c6ccc(Cl)cc6)cc5)c4n(c21)-c1ccccc1-3. The second-order valence-corrected chi connectivity index (χ2v) is 12.3. The lowest BCUT2D eigenvalue weighted by molar-refractivity contribution is 0.661. The van der Waals surface area contributed by atoms with Crippen molar-refractivity contribution in [3.63, 3.8) is 0 Å². The smallest absolute Gasteiger partial charge is 0.0623 e.